The molecule has 2 aromatic rings. The summed E-state index contributed by atoms with van der Waals surface area (Å²) in [5.74, 6) is -0.699. The van der Waals surface area contributed by atoms with Crippen molar-refractivity contribution in [1.29, 1.82) is 0 Å². The Morgan fingerprint density at radius 1 is 1.33 bits per heavy atom. The number of hydrogen-bond acceptors (Lipinski definition) is 4. The zero-order chi connectivity index (χ0) is 13.3. The molecule has 0 unspecified atom stereocenters. The molecule has 2 heterocycles. The summed E-state index contributed by atoms with van der Waals surface area (Å²) in [6, 6.07) is 3.54. The standard InChI is InChI=1S/C9H5Cl2FN2O2S2/c10-7-3-6(9(11)17-7)18(15,16)14-5-1-2-8(12)13-4-5/h1-4,14H. The second-order valence-electron chi connectivity index (χ2n) is 3.16. The summed E-state index contributed by atoms with van der Waals surface area (Å²) in [7, 11) is -3.85. The van der Waals surface area contributed by atoms with Crippen LogP contribution in [0.1, 0.15) is 0 Å². The smallest absolute Gasteiger partial charge is 0.264 e. The number of aromatic nitrogens is 1. The molecule has 0 aliphatic rings. The van der Waals surface area contributed by atoms with Gasteiger partial charge < -0.3 is 0 Å². The predicted molar refractivity (Wildman–Crippen MR) is 69.3 cm³/mol. The molecule has 0 spiro atoms. The van der Waals surface area contributed by atoms with E-state index in [1.165, 1.54) is 12.1 Å². The molecule has 0 aliphatic heterocycles. The number of thiophene rings is 1. The summed E-state index contributed by atoms with van der Waals surface area (Å²) in [5.41, 5.74) is 0.134. The van der Waals surface area contributed by atoms with Crippen LogP contribution in [0.3, 0.4) is 0 Å². The van der Waals surface area contributed by atoms with Gasteiger partial charge in [-0.15, -0.1) is 11.3 Å². The van der Waals surface area contributed by atoms with Crippen LogP contribution in [0.4, 0.5) is 10.1 Å². The van der Waals surface area contributed by atoms with Gasteiger partial charge in [-0.25, -0.2) is 13.4 Å². The normalized spacial score (nSPS) is 11.5. The van der Waals surface area contributed by atoms with Gasteiger partial charge in [0.05, 0.1) is 16.2 Å². The fourth-order valence-corrected chi connectivity index (χ4v) is 4.35. The van der Waals surface area contributed by atoms with Gasteiger partial charge in [-0.2, -0.15) is 4.39 Å². The third kappa shape index (κ3) is 2.92. The Morgan fingerprint density at radius 3 is 2.56 bits per heavy atom. The third-order valence-electron chi connectivity index (χ3n) is 1.89. The molecule has 9 heteroatoms. The van der Waals surface area contributed by atoms with E-state index in [2.05, 4.69) is 9.71 Å². The van der Waals surface area contributed by atoms with Crippen LogP contribution in [0.15, 0.2) is 29.3 Å². The molecule has 1 N–H and O–H groups in total. The number of rotatable bonds is 3. The van der Waals surface area contributed by atoms with E-state index in [4.69, 9.17) is 23.2 Å². The molecule has 96 valence electrons. The minimum Gasteiger partial charge on any atom is -0.278 e. The van der Waals surface area contributed by atoms with E-state index in [9.17, 15) is 12.8 Å². The maximum absolute atomic E-state index is 12.6. The van der Waals surface area contributed by atoms with Crippen LogP contribution < -0.4 is 4.72 Å². The molecule has 18 heavy (non-hydrogen) atoms. The number of hydrogen-bond donors (Lipinski definition) is 1. The van der Waals surface area contributed by atoms with Crippen LogP contribution in [0.2, 0.25) is 8.67 Å². The Kier molecular flexibility index (Phi) is 3.76. The third-order valence-corrected chi connectivity index (χ3v) is 5.03. The van der Waals surface area contributed by atoms with E-state index in [0.29, 0.717) is 0 Å². The maximum atomic E-state index is 12.6. The van der Waals surface area contributed by atoms with Gasteiger partial charge in [-0.3, -0.25) is 4.72 Å². The first-order chi connectivity index (χ1) is 8.38. The molecular formula is C9H5Cl2FN2O2S2. The van der Waals surface area contributed by atoms with Crippen molar-refractivity contribution in [3.8, 4) is 0 Å². The van der Waals surface area contributed by atoms with Crippen molar-refractivity contribution in [2.75, 3.05) is 4.72 Å². The van der Waals surface area contributed by atoms with Gasteiger partial charge in [0.25, 0.3) is 10.0 Å². The molecule has 0 aliphatic carbocycles. The van der Waals surface area contributed by atoms with Crippen molar-refractivity contribution >= 4 is 50.2 Å². The lowest BCUT2D eigenvalue weighted by atomic mass is 10.4. The average Bonchev–Trinajstić information content (AvgIpc) is 2.62. The van der Waals surface area contributed by atoms with E-state index < -0.39 is 16.0 Å². The Hall–Kier alpha value is -0.890. The molecule has 0 saturated carbocycles. The highest BCUT2D eigenvalue weighted by molar-refractivity contribution is 7.93. The Bertz CT molecular complexity index is 670. The second-order valence-corrected chi connectivity index (χ2v) is 7.10. The number of sulfonamides is 1. The fraction of sp³-hybridized carbons (Fsp3) is 0. The highest BCUT2D eigenvalue weighted by Crippen LogP contribution is 2.34. The summed E-state index contributed by atoms with van der Waals surface area (Å²) in [6.07, 6.45) is 1.06. The monoisotopic (exact) mass is 326 g/mol. The van der Waals surface area contributed by atoms with Crippen molar-refractivity contribution in [3.05, 3.63) is 39.0 Å². The summed E-state index contributed by atoms with van der Waals surface area (Å²) in [5, 5.41) is 0. The van der Waals surface area contributed by atoms with Crippen molar-refractivity contribution in [2.45, 2.75) is 4.90 Å². The summed E-state index contributed by atoms with van der Waals surface area (Å²) >= 11 is 12.4. The molecule has 2 rings (SSSR count). The first kappa shape index (κ1) is 13.5. The van der Waals surface area contributed by atoms with Gasteiger partial charge >= 0.3 is 0 Å². The minimum atomic E-state index is -3.85. The van der Waals surface area contributed by atoms with Crippen molar-refractivity contribution < 1.29 is 12.8 Å². The van der Waals surface area contributed by atoms with Crippen molar-refractivity contribution in [2.24, 2.45) is 0 Å². The van der Waals surface area contributed by atoms with Crippen LogP contribution in [-0.4, -0.2) is 13.4 Å². The molecule has 0 bridgehead atoms. The number of anilines is 1. The number of halogens is 3. The number of nitrogens with zero attached hydrogens (tertiary/aromatic N) is 1. The molecule has 0 saturated heterocycles. The fourth-order valence-electron chi connectivity index (χ4n) is 1.15. The molecule has 0 atom stereocenters. The van der Waals surface area contributed by atoms with E-state index in [0.717, 1.165) is 23.6 Å². The zero-order valence-electron chi connectivity index (χ0n) is 8.52. The summed E-state index contributed by atoms with van der Waals surface area (Å²) in [6.45, 7) is 0. The number of nitrogens with one attached hydrogen (secondary N) is 1. The lowest BCUT2D eigenvalue weighted by Crippen LogP contribution is -2.12. The molecular weight excluding hydrogens is 322 g/mol. The van der Waals surface area contributed by atoms with Gasteiger partial charge in [0.2, 0.25) is 5.95 Å². The molecule has 2 aromatic heterocycles. The average molecular weight is 327 g/mol. The highest BCUT2D eigenvalue weighted by atomic mass is 35.5. The second kappa shape index (κ2) is 5.00. The first-order valence-electron chi connectivity index (χ1n) is 4.48. The van der Waals surface area contributed by atoms with Crippen LogP contribution in [0, 0.1) is 5.95 Å². The van der Waals surface area contributed by atoms with Gasteiger partial charge in [0.15, 0.2) is 0 Å². The van der Waals surface area contributed by atoms with Gasteiger partial charge in [0.1, 0.15) is 9.23 Å². The van der Waals surface area contributed by atoms with Gasteiger partial charge in [0, 0.05) is 0 Å². The van der Waals surface area contributed by atoms with Crippen LogP contribution in [0.25, 0.3) is 0 Å². The molecule has 4 nitrogen and oxygen atoms in total. The minimum absolute atomic E-state index is 0.0579. The van der Waals surface area contributed by atoms with Crippen LogP contribution in [-0.2, 0) is 10.0 Å². The molecule has 0 fully saturated rings. The van der Waals surface area contributed by atoms with E-state index in [1.54, 1.807) is 0 Å². The van der Waals surface area contributed by atoms with E-state index >= 15 is 0 Å². The van der Waals surface area contributed by atoms with E-state index in [-0.39, 0.29) is 19.3 Å². The quantitative estimate of drug-likeness (QED) is 0.879. The Morgan fingerprint density at radius 2 is 2.06 bits per heavy atom. The Balaban J connectivity index is 2.33. The summed E-state index contributed by atoms with van der Waals surface area (Å²) in [4.78, 5) is 3.21. The zero-order valence-corrected chi connectivity index (χ0v) is 11.7. The Labute approximate surface area is 116 Å². The van der Waals surface area contributed by atoms with E-state index in [1.807, 2.05) is 0 Å². The molecule has 0 amide bonds. The van der Waals surface area contributed by atoms with Gasteiger partial charge in [-0.05, 0) is 18.2 Å². The SMILES string of the molecule is O=S(=O)(Nc1ccc(F)nc1)c1cc(Cl)sc1Cl. The van der Waals surface area contributed by atoms with Crippen LogP contribution >= 0.6 is 34.5 Å². The first-order valence-corrected chi connectivity index (χ1v) is 7.53. The number of pyridine rings is 1. The van der Waals surface area contributed by atoms with Crippen LogP contribution in [0.5, 0.6) is 0 Å². The van der Waals surface area contributed by atoms with Crippen molar-refractivity contribution in [1.82, 2.24) is 4.98 Å². The predicted octanol–water partition coefficient (Wildman–Crippen LogP) is 3.39. The lowest BCUT2D eigenvalue weighted by Gasteiger charge is -2.06. The van der Waals surface area contributed by atoms with Crippen molar-refractivity contribution in [3.63, 3.8) is 0 Å². The topological polar surface area (TPSA) is 59.1 Å². The lowest BCUT2D eigenvalue weighted by molar-refractivity contribution is 0.583. The largest absolute Gasteiger partial charge is 0.278 e. The molecule has 0 radical (unpaired) electrons. The maximum Gasteiger partial charge on any atom is 0.264 e. The summed E-state index contributed by atoms with van der Waals surface area (Å²) < 4.78 is 39.0. The highest BCUT2D eigenvalue weighted by Gasteiger charge is 2.21. The molecule has 0 aromatic carbocycles. The van der Waals surface area contributed by atoms with Gasteiger partial charge in [-0.1, -0.05) is 23.2 Å².